The van der Waals surface area contributed by atoms with Gasteiger partial charge in [0.25, 0.3) is 0 Å². The van der Waals surface area contributed by atoms with Gasteiger partial charge in [0.05, 0.1) is 24.4 Å². The molecule has 0 amide bonds. The van der Waals surface area contributed by atoms with Crippen molar-refractivity contribution >= 4 is 10.0 Å². The highest BCUT2D eigenvalue weighted by molar-refractivity contribution is 7.89. The fourth-order valence-electron chi connectivity index (χ4n) is 2.20. The maximum Gasteiger partial charge on any atom is 0.248 e. The highest BCUT2D eigenvalue weighted by Crippen LogP contribution is 2.23. The molecule has 1 saturated heterocycles. The zero-order valence-corrected chi connectivity index (χ0v) is 12.2. The predicted molar refractivity (Wildman–Crippen MR) is 73.2 cm³/mol. The van der Waals surface area contributed by atoms with Gasteiger partial charge >= 0.3 is 0 Å². The average Bonchev–Trinajstić information content (AvgIpc) is 3.19. The van der Waals surface area contributed by atoms with Crippen LogP contribution in [0, 0.1) is 11.3 Å². The summed E-state index contributed by atoms with van der Waals surface area (Å²) in [5.41, 5.74) is 0.442. The van der Waals surface area contributed by atoms with Crippen LogP contribution in [-0.4, -0.2) is 42.1 Å². The number of nitriles is 1. The molecule has 2 aromatic heterocycles. The fourth-order valence-corrected chi connectivity index (χ4v) is 3.55. The first-order chi connectivity index (χ1) is 10.6. The Balaban J connectivity index is 1.69. The number of hydrogen-bond donors (Lipinski definition) is 0. The monoisotopic (exact) mass is 320 g/mol. The molecule has 3 heterocycles. The summed E-state index contributed by atoms with van der Waals surface area (Å²) in [5, 5.41) is 12.3. The number of sulfonamides is 1. The van der Waals surface area contributed by atoms with Crippen molar-refractivity contribution in [1.29, 1.82) is 5.26 Å². The molecule has 1 aliphatic heterocycles. The van der Waals surface area contributed by atoms with E-state index in [-0.39, 0.29) is 17.5 Å². The molecule has 114 valence electrons. The van der Waals surface area contributed by atoms with Crippen LogP contribution in [-0.2, 0) is 10.0 Å². The van der Waals surface area contributed by atoms with E-state index in [1.54, 1.807) is 6.07 Å². The standard InChI is InChI=1S/C13H12N4O4S/c14-6-10-1-3-15-13(5-10)21-11-2-4-17(8-11)22(18,19)12-7-16-20-9-12/h1,3,5,7,9,11H,2,4,8H2. The number of ether oxygens (including phenoxy) is 1. The molecule has 0 aliphatic carbocycles. The Morgan fingerprint density at radius 1 is 1.50 bits per heavy atom. The third-order valence-corrected chi connectivity index (χ3v) is 5.12. The molecule has 22 heavy (non-hydrogen) atoms. The van der Waals surface area contributed by atoms with Crippen molar-refractivity contribution in [1.82, 2.24) is 14.4 Å². The first kappa shape index (κ1) is 14.5. The lowest BCUT2D eigenvalue weighted by molar-refractivity contribution is 0.207. The Morgan fingerprint density at radius 2 is 2.36 bits per heavy atom. The van der Waals surface area contributed by atoms with Gasteiger partial charge in [-0.3, -0.25) is 0 Å². The summed E-state index contributed by atoms with van der Waals surface area (Å²) in [5.74, 6) is 0.313. The fraction of sp³-hybridized carbons (Fsp3) is 0.308. The van der Waals surface area contributed by atoms with E-state index in [2.05, 4.69) is 14.7 Å². The van der Waals surface area contributed by atoms with E-state index in [0.29, 0.717) is 24.4 Å². The van der Waals surface area contributed by atoms with Crippen molar-refractivity contribution in [3.05, 3.63) is 36.4 Å². The van der Waals surface area contributed by atoms with E-state index >= 15 is 0 Å². The van der Waals surface area contributed by atoms with Crippen LogP contribution in [0.25, 0.3) is 0 Å². The number of aromatic nitrogens is 2. The van der Waals surface area contributed by atoms with Gasteiger partial charge in [-0.15, -0.1) is 0 Å². The van der Waals surface area contributed by atoms with E-state index in [1.807, 2.05) is 6.07 Å². The zero-order chi connectivity index (χ0) is 15.6. The number of nitrogens with zero attached hydrogens (tertiary/aromatic N) is 4. The lowest BCUT2D eigenvalue weighted by atomic mass is 10.3. The second-order valence-electron chi connectivity index (χ2n) is 4.75. The van der Waals surface area contributed by atoms with Crippen LogP contribution in [0.2, 0.25) is 0 Å². The Bertz CT molecular complexity index is 798. The Hall–Kier alpha value is -2.44. The van der Waals surface area contributed by atoms with E-state index in [4.69, 9.17) is 10.00 Å². The summed E-state index contributed by atoms with van der Waals surface area (Å²) in [6, 6.07) is 5.10. The normalized spacial score (nSPS) is 19.0. The maximum atomic E-state index is 12.3. The third kappa shape index (κ3) is 2.79. The first-order valence-corrected chi connectivity index (χ1v) is 7.96. The van der Waals surface area contributed by atoms with Crippen LogP contribution in [0.5, 0.6) is 5.88 Å². The SMILES string of the molecule is N#Cc1ccnc(OC2CCN(S(=O)(=O)c3cnoc3)C2)c1. The summed E-state index contributed by atoms with van der Waals surface area (Å²) in [6.07, 6.45) is 3.98. The van der Waals surface area contributed by atoms with Crippen LogP contribution in [0.4, 0.5) is 0 Å². The van der Waals surface area contributed by atoms with Gasteiger partial charge in [-0.1, -0.05) is 5.16 Å². The minimum atomic E-state index is -3.61. The molecule has 1 atom stereocenters. The molecular weight excluding hydrogens is 308 g/mol. The van der Waals surface area contributed by atoms with Crippen LogP contribution in [0.3, 0.4) is 0 Å². The Kier molecular flexibility index (Phi) is 3.79. The molecule has 0 saturated carbocycles. The molecule has 0 aromatic carbocycles. The largest absolute Gasteiger partial charge is 0.473 e. The first-order valence-electron chi connectivity index (χ1n) is 6.52. The van der Waals surface area contributed by atoms with Gasteiger partial charge in [-0.2, -0.15) is 9.57 Å². The van der Waals surface area contributed by atoms with E-state index in [9.17, 15) is 8.42 Å². The highest BCUT2D eigenvalue weighted by Gasteiger charge is 2.34. The maximum absolute atomic E-state index is 12.3. The summed E-state index contributed by atoms with van der Waals surface area (Å²) in [4.78, 5) is 4.05. The smallest absolute Gasteiger partial charge is 0.248 e. The van der Waals surface area contributed by atoms with Gasteiger partial charge in [0, 0.05) is 18.8 Å². The van der Waals surface area contributed by atoms with Crippen LogP contribution in [0.1, 0.15) is 12.0 Å². The minimum absolute atomic E-state index is 0.0257. The molecule has 0 spiro atoms. The predicted octanol–water partition coefficient (Wildman–Crippen LogP) is 0.783. The second kappa shape index (κ2) is 5.75. The topological polar surface area (TPSA) is 109 Å². The molecule has 0 bridgehead atoms. The average molecular weight is 320 g/mol. The second-order valence-corrected chi connectivity index (χ2v) is 6.68. The number of rotatable bonds is 4. The van der Waals surface area contributed by atoms with Crippen molar-refractivity contribution in [2.75, 3.05) is 13.1 Å². The number of pyridine rings is 1. The van der Waals surface area contributed by atoms with Crippen molar-refractivity contribution in [2.24, 2.45) is 0 Å². The summed E-state index contributed by atoms with van der Waals surface area (Å²) < 4.78 is 36.2. The molecule has 9 heteroatoms. The zero-order valence-electron chi connectivity index (χ0n) is 11.4. The lowest BCUT2D eigenvalue weighted by Crippen LogP contribution is -2.30. The van der Waals surface area contributed by atoms with Crippen LogP contribution < -0.4 is 4.74 Å². The molecule has 1 unspecified atom stereocenters. The van der Waals surface area contributed by atoms with Crippen molar-refractivity contribution in [3.63, 3.8) is 0 Å². The van der Waals surface area contributed by atoms with Crippen molar-refractivity contribution in [3.8, 4) is 11.9 Å². The van der Waals surface area contributed by atoms with Gasteiger partial charge in [-0.05, 0) is 12.5 Å². The van der Waals surface area contributed by atoms with Crippen molar-refractivity contribution < 1.29 is 17.7 Å². The molecule has 2 aromatic rings. The molecule has 0 N–H and O–H groups in total. The van der Waals surface area contributed by atoms with Crippen LogP contribution >= 0.6 is 0 Å². The van der Waals surface area contributed by atoms with Crippen molar-refractivity contribution in [2.45, 2.75) is 17.4 Å². The quantitative estimate of drug-likeness (QED) is 0.818. The van der Waals surface area contributed by atoms with Gasteiger partial charge in [0.2, 0.25) is 15.9 Å². The third-order valence-electron chi connectivity index (χ3n) is 3.31. The van der Waals surface area contributed by atoms with Gasteiger partial charge in [0.1, 0.15) is 17.3 Å². The van der Waals surface area contributed by atoms with E-state index in [1.165, 1.54) is 22.8 Å². The lowest BCUT2D eigenvalue weighted by Gasteiger charge is -2.15. The molecule has 3 rings (SSSR count). The summed E-state index contributed by atoms with van der Waals surface area (Å²) in [6.45, 7) is 0.558. The minimum Gasteiger partial charge on any atom is -0.473 e. The Labute approximate surface area is 127 Å². The highest BCUT2D eigenvalue weighted by atomic mass is 32.2. The van der Waals surface area contributed by atoms with Gasteiger partial charge in [0.15, 0.2) is 0 Å². The summed E-state index contributed by atoms with van der Waals surface area (Å²) in [7, 11) is -3.61. The van der Waals surface area contributed by atoms with Crippen LogP contribution in [0.15, 0.2) is 40.2 Å². The van der Waals surface area contributed by atoms with E-state index in [0.717, 1.165) is 6.26 Å². The van der Waals surface area contributed by atoms with E-state index < -0.39 is 10.0 Å². The molecule has 0 radical (unpaired) electrons. The van der Waals surface area contributed by atoms with Gasteiger partial charge < -0.3 is 9.26 Å². The van der Waals surface area contributed by atoms with Gasteiger partial charge in [-0.25, -0.2) is 13.4 Å². The molecule has 8 nitrogen and oxygen atoms in total. The Morgan fingerprint density at radius 3 is 3.09 bits per heavy atom. The molecular formula is C13H12N4O4S. The number of hydrogen-bond acceptors (Lipinski definition) is 7. The molecule has 1 fully saturated rings. The summed E-state index contributed by atoms with van der Waals surface area (Å²) >= 11 is 0. The molecule has 1 aliphatic rings.